The van der Waals surface area contributed by atoms with Crippen LogP contribution in [0.1, 0.15) is 6.42 Å². The van der Waals surface area contributed by atoms with E-state index in [9.17, 15) is 69.1 Å². The summed E-state index contributed by atoms with van der Waals surface area (Å²) in [5.74, 6) is -1.74. The van der Waals surface area contributed by atoms with Crippen molar-refractivity contribution in [3.63, 3.8) is 0 Å². The molecule has 34 heteroatoms. The molecule has 15 rings (SSSR count). The molecule has 6 aromatic rings. The minimum Gasteiger partial charge on any atom is -0.505 e. The summed E-state index contributed by atoms with van der Waals surface area (Å²) >= 11 is 0. The molecule has 33 nitrogen and oxygen atoms in total. The highest BCUT2D eigenvalue weighted by Gasteiger charge is 2.56. The minimum atomic E-state index is -5.19. The van der Waals surface area contributed by atoms with Gasteiger partial charge in [0.15, 0.2) is 30.7 Å². The maximum atomic E-state index is 13.1. The molecule has 0 amide bonds. The summed E-state index contributed by atoms with van der Waals surface area (Å²) in [4.78, 5) is 11.6. The Hall–Kier alpha value is -7.31. The fraction of sp³-hybridized carbons (Fsp3) is 0.443. The number of ether oxygens (including phenoxy) is 8. The number of hydrogen-bond donors (Lipinski definition) is 15. The summed E-state index contributed by atoms with van der Waals surface area (Å²) in [7, 11) is -2.70. The number of phenolic OH excluding ortho intramolecular Hbond substituents is 1. The third-order valence-electron chi connectivity index (χ3n) is 16.9. The predicted octanol–water partition coefficient (Wildman–Crippen LogP) is 3.24. The number of aromatic hydroxyl groups is 1. The monoisotopic (exact) mass is 1350 g/mol. The van der Waals surface area contributed by atoms with Crippen LogP contribution in [0.5, 0.6) is 5.75 Å². The summed E-state index contributed by atoms with van der Waals surface area (Å²) in [6.07, 6.45) is -33.5. The average Bonchev–Trinajstić information content (AvgIpc) is 0.768. The number of aliphatic hydroxyl groups excluding tert-OH is 10. The lowest BCUT2D eigenvalue weighted by Gasteiger charge is -2.49. The van der Waals surface area contributed by atoms with Gasteiger partial charge in [-0.2, -0.15) is 23.8 Å². The van der Waals surface area contributed by atoms with Crippen molar-refractivity contribution < 1.29 is 117 Å². The molecule has 510 valence electrons. The Labute approximate surface area is 540 Å². The van der Waals surface area contributed by atoms with Crippen LogP contribution in [-0.4, -0.2) is 226 Å². The Morgan fingerprint density at radius 1 is 0.579 bits per heavy atom. The van der Waals surface area contributed by atoms with E-state index in [-0.39, 0.29) is 57.0 Å². The first-order valence-corrected chi connectivity index (χ1v) is 31.2. The van der Waals surface area contributed by atoms with Gasteiger partial charge in [-0.05, 0) is 89.7 Å². The second-order valence-corrected chi connectivity index (χ2v) is 24.2. The van der Waals surface area contributed by atoms with Gasteiger partial charge in [0.2, 0.25) is 0 Å². The molecule has 8 bridgehead atoms. The normalized spacial score (nSPS) is 32.4. The summed E-state index contributed by atoms with van der Waals surface area (Å²) in [6.45, 7) is -3.38. The van der Waals surface area contributed by atoms with Crippen LogP contribution in [0.2, 0.25) is 0 Å². The number of nitrogens with one attached hydrogen (secondary N) is 2. The Morgan fingerprint density at radius 3 is 1.83 bits per heavy atom. The van der Waals surface area contributed by atoms with Gasteiger partial charge in [-0.15, -0.1) is 15.3 Å². The number of fused-ring (bicyclic) bond motifs is 2. The first-order valence-electron chi connectivity index (χ1n) is 29.8. The van der Waals surface area contributed by atoms with Crippen molar-refractivity contribution >= 4 is 72.1 Å². The number of methoxy groups -OCH3 is 2. The second kappa shape index (κ2) is 30.0. The van der Waals surface area contributed by atoms with Crippen LogP contribution >= 0.6 is 0 Å². The largest absolute Gasteiger partial charge is 0.505 e. The Morgan fingerprint density at radius 2 is 1.20 bits per heavy atom. The van der Waals surface area contributed by atoms with Crippen LogP contribution in [0.3, 0.4) is 0 Å². The number of rotatable bonds is 11. The number of phenols is 1. The number of anilines is 3. The zero-order valence-electron chi connectivity index (χ0n) is 50.5. The van der Waals surface area contributed by atoms with Crippen molar-refractivity contribution in [2.24, 2.45) is 36.6 Å². The molecule has 16 N–H and O–H groups in total. The van der Waals surface area contributed by atoms with Gasteiger partial charge in [0, 0.05) is 32.4 Å². The summed E-state index contributed by atoms with van der Waals surface area (Å²) < 4.78 is 84.4. The van der Waals surface area contributed by atoms with Crippen molar-refractivity contribution in [2.75, 3.05) is 57.3 Å². The molecule has 8 heterocycles. The van der Waals surface area contributed by atoms with Crippen molar-refractivity contribution in [2.45, 2.75) is 128 Å². The van der Waals surface area contributed by atoms with Crippen LogP contribution in [0.4, 0.5) is 51.2 Å². The first-order chi connectivity index (χ1) is 45.7. The van der Waals surface area contributed by atoms with Gasteiger partial charge in [0.25, 0.3) is 10.1 Å². The maximum Gasteiger partial charge on any atom is 0.296 e. The zero-order chi connectivity index (χ0) is 67.4. The topological polar surface area (TPSA) is 493 Å². The molecule has 1 saturated carbocycles. The molecular formula is C61H71N9O24S. The molecule has 1 aliphatic carbocycles. The predicted molar refractivity (Wildman–Crippen MR) is 329 cm³/mol. The van der Waals surface area contributed by atoms with E-state index in [1.54, 1.807) is 78.9 Å². The fourth-order valence-corrected chi connectivity index (χ4v) is 12.6. The van der Waals surface area contributed by atoms with Gasteiger partial charge in [-0.3, -0.25) is 25.2 Å². The van der Waals surface area contributed by atoms with Gasteiger partial charge < -0.3 is 99.8 Å². The summed E-state index contributed by atoms with van der Waals surface area (Å²) in [5.41, 5.74) is 13.4. The molecule has 0 radical (unpaired) electrons. The molecular weight excluding hydrogens is 1270 g/mol. The number of nitrogen functional groups attached to an aromatic ring is 1. The molecule has 6 aromatic carbocycles. The smallest absolute Gasteiger partial charge is 0.296 e. The van der Waals surface area contributed by atoms with E-state index >= 15 is 0 Å². The number of nitrogens with zero attached hydrogens (tertiary/aromatic N) is 6. The highest BCUT2D eigenvalue weighted by atomic mass is 32.2. The molecule has 95 heavy (non-hydrogen) atoms. The van der Waals surface area contributed by atoms with Crippen LogP contribution in [0, 0.1) is 5.92 Å². The lowest BCUT2D eigenvalue weighted by molar-refractivity contribution is -0.382. The van der Waals surface area contributed by atoms with Gasteiger partial charge in [-0.1, -0.05) is 48.5 Å². The second-order valence-electron chi connectivity index (χ2n) is 22.9. The van der Waals surface area contributed by atoms with Crippen LogP contribution in [0.25, 0.3) is 21.9 Å². The highest BCUT2D eigenvalue weighted by molar-refractivity contribution is 7.86. The summed E-state index contributed by atoms with van der Waals surface area (Å²) in [6, 6.07) is 29.9. The number of hydrogen-bond acceptors (Lipinski definition) is 32. The average molecular weight is 1350 g/mol. The van der Waals surface area contributed by atoms with Crippen molar-refractivity contribution in [3.8, 4) is 16.9 Å². The van der Waals surface area contributed by atoms with Crippen molar-refractivity contribution in [1.82, 2.24) is 0 Å². The zero-order valence-corrected chi connectivity index (χ0v) is 51.3. The van der Waals surface area contributed by atoms with E-state index in [1.807, 2.05) is 0 Å². The standard InChI is InChI=1S/C61H71N9O24S/c1-85-53-30(23-71)20-38-57(51(53)80)93-69-37-22-31(62)13-19-35(37)66-63-33-14-8-27(9-15-33)28-10-16-34(17-11-28)64-67-36-18-12-29-21-42(95(82,83)84)45(68-65-32-6-4-3-5-7-32)46(75)43(29)44(36)70-94-58-52(81)56(91-60-50(79)48(77)54(87-38)39(24-72)89-60)41(26-74)90-61(58)92-55-40(25-73)88-59(86-2)49(78)47(55)76/h3-19,21-22,30,38-41,47-61,69-81H,20,23-26,62H2,1-2H3,(H,82,83,84). The van der Waals surface area contributed by atoms with E-state index in [2.05, 4.69) is 41.6 Å². The van der Waals surface area contributed by atoms with Crippen LogP contribution in [0.15, 0.2) is 151 Å². The lowest BCUT2D eigenvalue weighted by Crippen LogP contribution is -2.67. The Bertz CT molecular complexity index is 3810. The Kier molecular flexibility index (Phi) is 21.8. The number of nitrogens with two attached hydrogens (primary N) is 1. The maximum absolute atomic E-state index is 13.1. The van der Waals surface area contributed by atoms with E-state index in [0.29, 0.717) is 5.69 Å². The van der Waals surface area contributed by atoms with Crippen LogP contribution in [-0.2, 0) is 57.7 Å². The van der Waals surface area contributed by atoms with Crippen molar-refractivity contribution in [1.29, 1.82) is 0 Å². The van der Waals surface area contributed by atoms with E-state index in [0.717, 1.165) is 24.3 Å². The van der Waals surface area contributed by atoms with Crippen LogP contribution < -0.4 is 16.7 Å². The molecule has 4 fully saturated rings. The SMILES string of the molecule is COC1OC(CO)C(OC2OC(CO)C3OC4OC(CO)C(OC5CC(CO)C(OC)C(O)C5ONc5cc(N)ccc5N=Nc5ccc(cc5)-c5ccc(cc5)N=Nc5ccc6cc(S(=O)(=O)O)c(N=Nc7ccccc7)c(O)c6c5NOC2C3O)C(O)C4O)C(O)C1O. The van der Waals surface area contributed by atoms with Gasteiger partial charge in [-0.25, -0.2) is 0 Å². The molecule has 20 unspecified atom stereocenters. The van der Waals surface area contributed by atoms with Gasteiger partial charge in [0.1, 0.15) is 101 Å². The highest BCUT2D eigenvalue weighted by Crippen LogP contribution is 2.48. The molecule has 0 aromatic heterocycles. The third kappa shape index (κ3) is 14.7. The third-order valence-corrected chi connectivity index (χ3v) is 17.7. The quantitative estimate of drug-likeness (QED) is 0.0503. The fourth-order valence-electron chi connectivity index (χ4n) is 11.9. The minimum absolute atomic E-state index is 0.113. The number of benzene rings is 6. The molecule has 8 aliphatic heterocycles. The Balaban J connectivity index is 1.03. The van der Waals surface area contributed by atoms with E-state index in [1.165, 1.54) is 37.4 Å². The van der Waals surface area contributed by atoms with E-state index < -0.39 is 175 Å². The molecule has 0 spiro atoms. The van der Waals surface area contributed by atoms with Crippen molar-refractivity contribution in [3.05, 3.63) is 115 Å². The van der Waals surface area contributed by atoms with Gasteiger partial charge in [0.05, 0.1) is 65.9 Å². The van der Waals surface area contributed by atoms with E-state index in [4.69, 9.17) is 53.3 Å². The molecule has 3 saturated heterocycles. The lowest BCUT2D eigenvalue weighted by atomic mass is 9.80. The summed E-state index contributed by atoms with van der Waals surface area (Å²) in [5, 5.41) is 152. The molecule has 20 atom stereocenters. The molecule has 9 aliphatic rings. The van der Waals surface area contributed by atoms with Gasteiger partial charge >= 0.3 is 0 Å². The number of azo groups is 3. The first kappa shape index (κ1) is 69.1. The number of aliphatic hydroxyl groups is 10.